The third-order valence-corrected chi connectivity index (χ3v) is 2.88. The van der Waals surface area contributed by atoms with E-state index >= 15 is 0 Å². The van der Waals surface area contributed by atoms with Crippen LogP contribution in [-0.2, 0) is 0 Å². The number of aromatic nitrogens is 1. The maximum atomic E-state index is 13.6. The monoisotopic (exact) mass is 217 g/mol. The zero-order valence-corrected chi connectivity index (χ0v) is 8.37. The number of hydrogen-bond acceptors (Lipinski definition) is 2. The van der Waals surface area contributed by atoms with E-state index in [-0.39, 0.29) is 30.0 Å². The van der Waals surface area contributed by atoms with Gasteiger partial charge in [0.25, 0.3) is 0 Å². The molecule has 1 aliphatic rings. The number of carbonyl (C=O) groups is 2. The summed E-state index contributed by atoms with van der Waals surface area (Å²) in [5.74, 6) is -0.781. The van der Waals surface area contributed by atoms with Crippen molar-refractivity contribution < 1.29 is 14.0 Å². The van der Waals surface area contributed by atoms with Gasteiger partial charge in [0, 0.05) is 18.2 Å². The van der Waals surface area contributed by atoms with Crippen LogP contribution in [-0.4, -0.2) is 16.3 Å². The number of fused-ring (bicyclic) bond motifs is 3. The van der Waals surface area contributed by atoms with E-state index in [1.807, 2.05) is 0 Å². The average molecular weight is 217 g/mol. The SMILES string of the molecule is O=C1CCC(=O)n2c1cc1cccc(F)c12. The second-order valence-electron chi connectivity index (χ2n) is 3.86. The van der Waals surface area contributed by atoms with E-state index in [0.717, 1.165) is 0 Å². The first kappa shape index (κ1) is 9.27. The zero-order valence-electron chi connectivity index (χ0n) is 8.37. The minimum Gasteiger partial charge on any atom is -0.293 e. The predicted molar refractivity (Wildman–Crippen MR) is 56.1 cm³/mol. The van der Waals surface area contributed by atoms with Crippen molar-refractivity contribution in [2.45, 2.75) is 12.8 Å². The predicted octanol–water partition coefficient (Wildman–Crippen LogP) is 2.40. The van der Waals surface area contributed by atoms with Crippen molar-refractivity contribution in [1.82, 2.24) is 4.57 Å². The molecule has 0 saturated heterocycles. The summed E-state index contributed by atoms with van der Waals surface area (Å²) in [6, 6.07) is 6.14. The van der Waals surface area contributed by atoms with Crippen LogP contribution < -0.4 is 0 Å². The molecule has 0 bridgehead atoms. The standard InChI is InChI=1S/C12H8FNO2/c13-8-3-1-2-7-6-9-10(15)4-5-11(16)14(9)12(7)8/h1-3,6H,4-5H2. The molecule has 3 rings (SSSR count). The van der Waals surface area contributed by atoms with Gasteiger partial charge in [-0.1, -0.05) is 12.1 Å². The number of hydrogen-bond donors (Lipinski definition) is 0. The van der Waals surface area contributed by atoms with Crippen LogP contribution in [0.3, 0.4) is 0 Å². The molecule has 3 nitrogen and oxygen atoms in total. The highest BCUT2D eigenvalue weighted by Gasteiger charge is 2.26. The number of Topliss-reactive ketones (excluding diaryl/α,β-unsaturated/α-hetero) is 1. The summed E-state index contributed by atoms with van der Waals surface area (Å²) < 4.78 is 14.8. The van der Waals surface area contributed by atoms with Crippen LogP contribution in [0, 0.1) is 5.82 Å². The normalized spacial score (nSPS) is 15.6. The number of halogens is 1. The van der Waals surface area contributed by atoms with Gasteiger partial charge < -0.3 is 0 Å². The van der Waals surface area contributed by atoms with E-state index in [9.17, 15) is 14.0 Å². The molecule has 0 radical (unpaired) electrons. The van der Waals surface area contributed by atoms with E-state index in [0.29, 0.717) is 11.1 Å². The van der Waals surface area contributed by atoms with Crippen LogP contribution in [0.2, 0.25) is 0 Å². The molecule has 0 amide bonds. The number of rotatable bonds is 0. The minimum atomic E-state index is -0.466. The van der Waals surface area contributed by atoms with Gasteiger partial charge in [-0.05, 0) is 12.1 Å². The van der Waals surface area contributed by atoms with Crippen LogP contribution in [0.5, 0.6) is 0 Å². The number of benzene rings is 1. The van der Waals surface area contributed by atoms with Crippen LogP contribution in [0.25, 0.3) is 10.9 Å². The van der Waals surface area contributed by atoms with Crippen molar-refractivity contribution in [2.24, 2.45) is 0 Å². The molecule has 0 spiro atoms. The topological polar surface area (TPSA) is 39.1 Å². The van der Waals surface area contributed by atoms with Gasteiger partial charge in [-0.3, -0.25) is 14.2 Å². The van der Waals surface area contributed by atoms with Gasteiger partial charge in [0.1, 0.15) is 5.82 Å². The van der Waals surface area contributed by atoms with Crippen molar-refractivity contribution in [3.8, 4) is 0 Å². The van der Waals surface area contributed by atoms with Crippen molar-refractivity contribution in [1.29, 1.82) is 0 Å². The molecule has 1 aliphatic heterocycles. The molecule has 2 heterocycles. The number of nitrogens with zero attached hydrogens (tertiary/aromatic N) is 1. The average Bonchev–Trinajstić information content (AvgIpc) is 2.65. The van der Waals surface area contributed by atoms with Crippen molar-refractivity contribution in [3.63, 3.8) is 0 Å². The number of carbonyl (C=O) groups excluding carboxylic acids is 2. The number of ketones is 1. The van der Waals surface area contributed by atoms with Gasteiger partial charge in [-0.25, -0.2) is 4.39 Å². The molecule has 16 heavy (non-hydrogen) atoms. The second-order valence-corrected chi connectivity index (χ2v) is 3.86. The summed E-state index contributed by atoms with van der Waals surface area (Å²) in [4.78, 5) is 23.3. The Morgan fingerprint density at radius 1 is 1.19 bits per heavy atom. The van der Waals surface area contributed by atoms with E-state index in [1.54, 1.807) is 18.2 Å². The van der Waals surface area contributed by atoms with Crippen molar-refractivity contribution in [3.05, 3.63) is 35.8 Å². The van der Waals surface area contributed by atoms with Crippen molar-refractivity contribution >= 4 is 22.6 Å². The molecule has 0 aliphatic carbocycles. The lowest BCUT2D eigenvalue weighted by Gasteiger charge is -2.13. The maximum absolute atomic E-state index is 13.6. The molecule has 0 N–H and O–H groups in total. The molecule has 0 saturated carbocycles. The van der Waals surface area contributed by atoms with Gasteiger partial charge >= 0.3 is 0 Å². The Bertz CT molecular complexity index is 627. The highest BCUT2D eigenvalue weighted by molar-refractivity contribution is 6.09. The molecule has 4 heteroatoms. The fraction of sp³-hybridized carbons (Fsp3) is 0.167. The van der Waals surface area contributed by atoms with Gasteiger partial charge in [0.15, 0.2) is 5.78 Å². The fourth-order valence-corrected chi connectivity index (χ4v) is 2.14. The van der Waals surface area contributed by atoms with Gasteiger partial charge in [0.05, 0.1) is 11.2 Å². The first-order valence-corrected chi connectivity index (χ1v) is 5.05. The van der Waals surface area contributed by atoms with E-state index in [4.69, 9.17) is 0 Å². The third-order valence-electron chi connectivity index (χ3n) is 2.88. The van der Waals surface area contributed by atoms with Crippen LogP contribution in [0.4, 0.5) is 4.39 Å². The smallest absolute Gasteiger partial charge is 0.232 e. The Balaban J connectivity index is 2.48. The lowest BCUT2D eigenvalue weighted by Crippen LogP contribution is -2.23. The molecule has 2 aromatic rings. The highest BCUT2D eigenvalue weighted by atomic mass is 19.1. The Labute approximate surface area is 90.5 Å². The van der Waals surface area contributed by atoms with Gasteiger partial charge in [0.2, 0.25) is 5.91 Å². The zero-order chi connectivity index (χ0) is 11.3. The lowest BCUT2D eigenvalue weighted by molar-refractivity contribution is 0.0820. The Kier molecular flexibility index (Phi) is 1.74. The molecule has 0 atom stereocenters. The van der Waals surface area contributed by atoms with Crippen LogP contribution in [0.1, 0.15) is 28.1 Å². The summed E-state index contributed by atoms with van der Waals surface area (Å²) in [7, 11) is 0. The summed E-state index contributed by atoms with van der Waals surface area (Å²) in [6.45, 7) is 0. The molecule has 0 fully saturated rings. The summed E-state index contributed by atoms with van der Waals surface area (Å²) in [6.07, 6.45) is 0.376. The lowest BCUT2D eigenvalue weighted by atomic mass is 10.1. The van der Waals surface area contributed by atoms with E-state index in [2.05, 4.69) is 0 Å². The third kappa shape index (κ3) is 1.07. The molecule has 1 aromatic carbocycles. The van der Waals surface area contributed by atoms with E-state index < -0.39 is 5.82 Å². The van der Waals surface area contributed by atoms with Gasteiger partial charge in [-0.15, -0.1) is 0 Å². The second kappa shape index (κ2) is 3.01. The molecular formula is C12H8FNO2. The Hall–Kier alpha value is -1.97. The molecular weight excluding hydrogens is 209 g/mol. The first-order chi connectivity index (χ1) is 7.68. The number of para-hydroxylation sites is 1. The largest absolute Gasteiger partial charge is 0.293 e. The first-order valence-electron chi connectivity index (χ1n) is 5.05. The van der Waals surface area contributed by atoms with Gasteiger partial charge in [-0.2, -0.15) is 0 Å². The highest BCUT2D eigenvalue weighted by Crippen LogP contribution is 2.27. The minimum absolute atomic E-state index is 0.102. The molecule has 1 aromatic heterocycles. The molecule has 0 unspecified atom stereocenters. The Morgan fingerprint density at radius 2 is 2.00 bits per heavy atom. The summed E-state index contributed by atoms with van der Waals surface area (Å²) in [5, 5.41) is 0.596. The molecule has 80 valence electrons. The van der Waals surface area contributed by atoms with Crippen molar-refractivity contribution in [2.75, 3.05) is 0 Å². The Morgan fingerprint density at radius 3 is 2.81 bits per heavy atom. The van der Waals surface area contributed by atoms with E-state index in [1.165, 1.54) is 10.6 Å². The van der Waals surface area contributed by atoms with Crippen LogP contribution >= 0.6 is 0 Å². The van der Waals surface area contributed by atoms with Crippen LogP contribution in [0.15, 0.2) is 24.3 Å². The summed E-state index contributed by atoms with van der Waals surface area (Å²) in [5.41, 5.74) is 0.520. The fourth-order valence-electron chi connectivity index (χ4n) is 2.14. The maximum Gasteiger partial charge on any atom is 0.232 e. The quantitative estimate of drug-likeness (QED) is 0.679. The summed E-state index contributed by atoms with van der Waals surface area (Å²) >= 11 is 0.